The van der Waals surface area contributed by atoms with E-state index in [2.05, 4.69) is 4.72 Å². The van der Waals surface area contributed by atoms with E-state index in [1.165, 1.54) is 0 Å². The highest BCUT2D eigenvalue weighted by atomic mass is 32.2. The number of aryl methyl sites for hydroxylation is 2. The van der Waals surface area contributed by atoms with Crippen LogP contribution in [0.2, 0.25) is 0 Å². The highest BCUT2D eigenvalue weighted by Gasteiger charge is 2.16. The Morgan fingerprint density at radius 3 is 2.45 bits per heavy atom. The molecule has 0 saturated carbocycles. The lowest BCUT2D eigenvalue weighted by molar-refractivity contribution is 0.600. The molecule has 0 spiro atoms. The van der Waals surface area contributed by atoms with E-state index >= 15 is 0 Å². The summed E-state index contributed by atoms with van der Waals surface area (Å²) in [4.78, 5) is 1.34. The van der Waals surface area contributed by atoms with Crippen molar-refractivity contribution in [2.75, 3.05) is 11.0 Å². The summed E-state index contributed by atoms with van der Waals surface area (Å²) in [6.07, 6.45) is 1.96. The zero-order chi connectivity index (χ0) is 14.8. The van der Waals surface area contributed by atoms with Crippen LogP contribution in [0, 0.1) is 13.8 Å². The zero-order valence-electron chi connectivity index (χ0n) is 11.7. The maximum Gasteiger partial charge on any atom is 0.262 e. The summed E-state index contributed by atoms with van der Waals surface area (Å²) in [5.74, 6) is 0. The minimum Gasteiger partial charge on any atom is -0.280 e. The lowest BCUT2D eigenvalue weighted by Gasteiger charge is -2.11. The molecular formula is C15H17NO2S2. The molecule has 2 aromatic rings. The van der Waals surface area contributed by atoms with Crippen LogP contribution >= 0.6 is 11.8 Å². The van der Waals surface area contributed by atoms with Gasteiger partial charge >= 0.3 is 0 Å². The average Bonchev–Trinajstić information content (AvgIpc) is 2.37. The lowest BCUT2D eigenvalue weighted by atomic mass is 10.2. The van der Waals surface area contributed by atoms with Crippen LogP contribution in [0.1, 0.15) is 11.1 Å². The summed E-state index contributed by atoms with van der Waals surface area (Å²) in [7, 11) is -3.55. The number of hydrogen-bond acceptors (Lipinski definition) is 3. The van der Waals surface area contributed by atoms with Gasteiger partial charge in [0, 0.05) is 10.6 Å². The molecule has 0 aliphatic rings. The maximum absolute atomic E-state index is 12.4. The van der Waals surface area contributed by atoms with Crippen molar-refractivity contribution < 1.29 is 8.42 Å². The van der Waals surface area contributed by atoms with E-state index in [4.69, 9.17) is 0 Å². The highest BCUT2D eigenvalue weighted by molar-refractivity contribution is 7.98. The van der Waals surface area contributed by atoms with Crippen molar-refractivity contribution in [2.45, 2.75) is 23.6 Å². The molecule has 0 saturated heterocycles. The van der Waals surface area contributed by atoms with Crippen LogP contribution < -0.4 is 4.72 Å². The third-order valence-corrected chi connectivity index (χ3v) is 5.21. The van der Waals surface area contributed by atoms with Crippen molar-refractivity contribution in [2.24, 2.45) is 0 Å². The van der Waals surface area contributed by atoms with Gasteiger partial charge in [0.2, 0.25) is 0 Å². The molecule has 0 bridgehead atoms. The van der Waals surface area contributed by atoms with Crippen LogP contribution in [0.15, 0.2) is 52.3 Å². The first kappa shape index (κ1) is 14.9. The fraction of sp³-hybridized carbons (Fsp3) is 0.200. The molecule has 3 nitrogen and oxygen atoms in total. The van der Waals surface area contributed by atoms with Crippen LogP contribution in [0.25, 0.3) is 0 Å². The summed E-state index contributed by atoms with van der Waals surface area (Å²) < 4.78 is 27.5. The minimum absolute atomic E-state index is 0.317. The van der Waals surface area contributed by atoms with Crippen molar-refractivity contribution in [3.05, 3.63) is 53.6 Å². The van der Waals surface area contributed by atoms with Gasteiger partial charge in [-0.1, -0.05) is 23.8 Å². The van der Waals surface area contributed by atoms with Crippen molar-refractivity contribution in [3.8, 4) is 0 Å². The summed E-state index contributed by atoms with van der Waals surface area (Å²) in [6, 6.07) is 12.7. The molecule has 0 heterocycles. The predicted octanol–water partition coefficient (Wildman–Crippen LogP) is 3.83. The first-order chi connectivity index (χ1) is 9.42. The van der Waals surface area contributed by atoms with Gasteiger partial charge < -0.3 is 0 Å². The summed E-state index contributed by atoms with van der Waals surface area (Å²) in [5.41, 5.74) is 2.38. The molecule has 5 heteroatoms. The smallest absolute Gasteiger partial charge is 0.262 e. The molecule has 0 atom stereocenters. The number of anilines is 1. The van der Waals surface area contributed by atoms with E-state index in [0.717, 1.165) is 16.0 Å². The number of sulfonamides is 1. The Kier molecular flexibility index (Phi) is 4.40. The SMILES string of the molecule is CSc1cccc(NS(=O)(=O)c2ccc(C)cc2C)c1. The van der Waals surface area contributed by atoms with E-state index in [0.29, 0.717) is 10.6 Å². The molecule has 0 aliphatic heterocycles. The summed E-state index contributed by atoms with van der Waals surface area (Å²) in [6.45, 7) is 3.75. The number of hydrogen-bond donors (Lipinski definition) is 1. The average molecular weight is 307 g/mol. The summed E-state index contributed by atoms with van der Waals surface area (Å²) >= 11 is 1.58. The van der Waals surface area contributed by atoms with Crippen LogP contribution in [0.4, 0.5) is 5.69 Å². The molecule has 0 aromatic heterocycles. The van der Waals surface area contributed by atoms with E-state index in [1.807, 2.05) is 37.4 Å². The van der Waals surface area contributed by atoms with Gasteiger partial charge in [0.25, 0.3) is 10.0 Å². The number of nitrogens with one attached hydrogen (secondary N) is 1. The van der Waals surface area contributed by atoms with Gasteiger partial charge in [-0.3, -0.25) is 4.72 Å². The third kappa shape index (κ3) is 3.35. The van der Waals surface area contributed by atoms with Gasteiger partial charge in [-0.15, -0.1) is 11.8 Å². The first-order valence-electron chi connectivity index (χ1n) is 6.16. The Balaban J connectivity index is 2.35. The number of thioether (sulfide) groups is 1. The van der Waals surface area contributed by atoms with Crippen LogP contribution in [0.5, 0.6) is 0 Å². The van der Waals surface area contributed by atoms with E-state index in [-0.39, 0.29) is 0 Å². The molecule has 0 amide bonds. The fourth-order valence-electron chi connectivity index (χ4n) is 2.00. The lowest BCUT2D eigenvalue weighted by Crippen LogP contribution is -2.14. The van der Waals surface area contributed by atoms with Crippen LogP contribution in [-0.4, -0.2) is 14.7 Å². The number of rotatable bonds is 4. The molecule has 0 fully saturated rings. The fourth-order valence-corrected chi connectivity index (χ4v) is 3.73. The van der Waals surface area contributed by atoms with Crippen molar-refractivity contribution in [3.63, 3.8) is 0 Å². The quantitative estimate of drug-likeness (QED) is 0.873. The molecule has 0 radical (unpaired) electrons. The van der Waals surface area contributed by atoms with Gasteiger partial charge in [0.1, 0.15) is 0 Å². The molecule has 106 valence electrons. The van der Waals surface area contributed by atoms with Gasteiger partial charge in [-0.25, -0.2) is 8.42 Å². The Labute approximate surface area is 124 Å². The Hall–Kier alpha value is -1.46. The second-order valence-electron chi connectivity index (χ2n) is 4.61. The second-order valence-corrected chi connectivity index (χ2v) is 7.14. The van der Waals surface area contributed by atoms with Crippen molar-refractivity contribution >= 4 is 27.5 Å². The molecule has 0 aliphatic carbocycles. The van der Waals surface area contributed by atoms with Gasteiger partial charge in [0.05, 0.1) is 4.90 Å². The zero-order valence-corrected chi connectivity index (χ0v) is 13.3. The molecular weight excluding hydrogens is 290 g/mol. The van der Waals surface area contributed by atoms with Crippen molar-refractivity contribution in [1.29, 1.82) is 0 Å². The molecule has 0 unspecified atom stereocenters. The van der Waals surface area contributed by atoms with Crippen LogP contribution in [0.3, 0.4) is 0 Å². The van der Waals surface area contributed by atoms with E-state index in [1.54, 1.807) is 36.9 Å². The van der Waals surface area contributed by atoms with E-state index < -0.39 is 10.0 Å². The molecule has 1 N–H and O–H groups in total. The van der Waals surface area contributed by atoms with Crippen molar-refractivity contribution in [1.82, 2.24) is 0 Å². The summed E-state index contributed by atoms with van der Waals surface area (Å²) in [5, 5.41) is 0. The predicted molar refractivity (Wildman–Crippen MR) is 84.9 cm³/mol. The molecule has 20 heavy (non-hydrogen) atoms. The van der Waals surface area contributed by atoms with Crippen LogP contribution in [-0.2, 0) is 10.0 Å². The van der Waals surface area contributed by atoms with Gasteiger partial charge in [-0.05, 0) is 49.9 Å². The highest BCUT2D eigenvalue weighted by Crippen LogP contribution is 2.23. The molecule has 2 aromatic carbocycles. The minimum atomic E-state index is -3.55. The largest absolute Gasteiger partial charge is 0.280 e. The first-order valence-corrected chi connectivity index (χ1v) is 8.87. The maximum atomic E-state index is 12.4. The van der Waals surface area contributed by atoms with Gasteiger partial charge in [0.15, 0.2) is 0 Å². The number of benzene rings is 2. The topological polar surface area (TPSA) is 46.2 Å². The normalized spacial score (nSPS) is 11.3. The second kappa shape index (κ2) is 5.89. The third-order valence-electron chi connectivity index (χ3n) is 2.94. The van der Waals surface area contributed by atoms with E-state index in [9.17, 15) is 8.42 Å². The Morgan fingerprint density at radius 2 is 1.80 bits per heavy atom. The Bertz CT molecular complexity index is 724. The monoisotopic (exact) mass is 307 g/mol. The molecule has 2 rings (SSSR count). The standard InChI is InChI=1S/C15H17NO2S2/c1-11-7-8-15(12(2)9-11)20(17,18)16-13-5-4-6-14(10-13)19-3/h4-10,16H,1-3H3. The Morgan fingerprint density at radius 1 is 1.05 bits per heavy atom. The van der Waals surface area contributed by atoms with Gasteiger partial charge in [-0.2, -0.15) is 0 Å².